The molecule has 2 N–H and O–H groups in total. The van der Waals surface area contributed by atoms with Gasteiger partial charge in [0.25, 0.3) is 5.69 Å². The molecule has 0 aliphatic heterocycles. The van der Waals surface area contributed by atoms with Gasteiger partial charge < -0.3 is 10.4 Å². The van der Waals surface area contributed by atoms with Crippen molar-refractivity contribution in [1.29, 1.82) is 0 Å². The highest BCUT2D eigenvalue weighted by molar-refractivity contribution is 5.86. The summed E-state index contributed by atoms with van der Waals surface area (Å²) in [5, 5.41) is 26.7. The summed E-state index contributed by atoms with van der Waals surface area (Å²) in [6.07, 6.45) is 1.63. The Hall–Kier alpha value is -4.00. The van der Waals surface area contributed by atoms with Crippen molar-refractivity contribution >= 4 is 22.4 Å². The number of para-hydroxylation sites is 1. The number of aryl methyl sites for hydroxylation is 1. The van der Waals surface area contributed by atoms with Crippen molar-refractivity contribution in [1.82, 2.24) is 9.97 Å². The topological polar surface area (TPSA) is 101 Å². The monoisotopic (exact) mass is 386 g/mol. The number of rotatable bonds is 5. The van der Waals surface area contributed by atoms with Crippen molar-refractivity contribution in [2.75, 3.05) is 5.32 Å². The molecular weight excluding hydrogens is 368 g/mol. The second-order valence-corrected chi connectivity index (χ2v) is 6.64. The summed E-state index contributed by atoms with van der Waals surface area (Å²) in [7, 11) is 0. The average molecular weight is 386 g/mol. The summed E-state index contributed by atoms with van der Waals surface area (Å²) in [5.41, 5.74) is 2.08. The molecule has 0 unspecified atom stereocenters. The zero-order valence-corrected chi connectivity index (χ0v) is 15.6. The number of fused-ring (bicyclic) bond motifs is 1. The summed E-state index contributed by atoms with van der Waals surface area (Å²) >= 11 is 0. The molecule has 0 saturated carbocycles. The molecule has 2 aromatic heterocycles. The third-order valence-electron chi connectivity index (χ3n) is 4.72. The zero-order valence-electron chi connectivity index (χ0n) is 15.6. The fourth-order valence-electron chi connectivity index (χ4n) is 3.34. The molecule has 2 aromatic carbocycles. The Labute approximate surface area is 166 Å². The standard InChI is InChI=1S/C22H18N4O3/c1-14-9-10-15-11-12-17(22(27)20(15)24-14)21(25-19-8-4-5-13-23-19)16-6-2-3-7-18(16)26(28)29/h2-13,21,27H,1H3,(H,23,25)/t21-/m0/s1. The largest absolute Gasteiger partial charge is 0.505 e. The predicted octanol–water partition coefficient (Wildman–Crippen LogP) is 4.75. The molecule has 0 aliphatic carbocycles. The van der Waals surface area contributed by atoms with Crippen molar-refractivity contribution in [3.63, 3.8) is 0 Å². The number of hydrogen-bond acceptors (Lipinski definition) is 6. The van der Waals surface area contributed by atoms with E-state index in [1.54, 1.807) is 42.6 Å². The van der Waals surface area contributed by atoms with E-state index in [2.05, 4.69) is 15.3 Å². The number of nitro groups is 1. The van der Waals surface area contributed by atoms with Crippen LogP contribution in [-0.2, 0) is 0 Å². The summed E-state index contributed by atoms with van der Waals surface area (Å²) in [4.78, 5) is 19.9. The number of benzene rings is 2. The first-order valence-corrected chi connectivity index (χ1v) is 9.04. The van der Waals surface area contributed by atoms with E-state index in [0.29, 0.717) is 22.5 Å². The molecule has 0 aliphatic rings. The molecule has 144 valence electrons. The van der Waals surface area contributed by atoms with Gasteiger partial charge in [0.05, 0.1) is 16.5 Å². The molecule has 0 spiro atoms. The summed E-state index contributed by atoms with van der Waals surface area (Å²) in [6, 6.07) is 18.5. The Balaban J connectivity index is 1.93. The maximum absolute atomic E-state index is 11.6. The number of nitro benzene ring substituents is 1. The summed E-state index contributed by atoms with van der Waals surface area (Å²) < 4.78 is 0. The summed E-state index contributed by atoms with van der Waals surface area (Å²) in [6.45, 7) is 1.84. The number of hydrogen-bond donors (Lipinski definition) is 2. The van der Waals surface area contributed by atoms with Crippen LogP contribution in [0, 0.1) is 17.0 Å². The first kappa shape index (κ1) is 18.4. The highest BCUT2D eigenvalue weighted by atomic mass is 16.6. The third kappa shape index (κ3) is 3.58. The van der Waals surface area contributed by atoms with Gasteiger partial charge in [-0.15, -0.1) is 0 Å². The molecule has 29 heavy (non-hydrogen) atoms. The first-order valence-electron chi connectivity index (χ1n) is 9.04. The van der Waals surface area contributed by atoms with E-state index < -0.39 is 11.0 Å². The molecule has 0 radical (unpaired) electrons. The number of pyridine rings is 2. The Morgan fingerprint density at radius 3 is 2.52 bits per heavy atom. The van der Waals surface area contributed by atoms with Gasteiger partial charge in [0, 0.05) is 28.9 Å². The minimum Gasteiger partial charge on any atom is -0.505 e. The van der Waals surface area contributed by atoms with Gasteiger partial charge in [0.1, 0.15) is 17.1 Å². The summed E-state index contributed by atoms with van der Waals surface area (Å²) in [5.74, 6) is 0.519. The van der Waals surface area contributed by atoms with E-state index in [9.17, 15) is 15.2 Å². The lowest BCUT2D eigenvalue weighted by molar-refractivity contribution is -0.385. The SMILES string of the molecule is Cc1ccc2ccc([C@@H](Nc3ccccn3)c3ccccc3[N+](=O)[O-])c(O)c2n1. The van der Waals surface area contributed by atoms with Gasteiger partial charge in [-0.2, -0.15) is 0 Å². The van der Waals surface area contributed by atoms with Crippen LogP contribution < -0.4 is 5.32 Å². The minimum absolute atomic E-state index is 0.0159. The number of aromatic nitrogens is 2. The van der Waals surface area contributed by atoms with Crippen LogP contribution in [0.15, 0.2) is 72.9 Å². The van der Waals surface area contributed by atoms with Gasteiger partial charge >= 0.3 is 0 Å². The van der Waals surface area contributed by atoms with Crippen LogP contribution in [0.5, 0.6) is 5.75 Å². The van der Waals surface area contributed by atoms with Crippen LogP contribution in [-0.4, -0.2) is 20.0 Å². The third-order valence-corrected chi connectivity index (χ3v) is 4.72. The van der Waals surface area contributed by atoms with Gasteiger partial charge in [-0.3, -0.25) is 10.1 Å². The molecule has 4 aromatic rings. The Kier molecular flexibility index (Phi) is 4.78. The zero-order chi connectivity index (χ0) is 20.4. The lowest BCUT2D eigenvalue weighted by Crippen LogP contribution is -2.15. The second-order valence-electron chi connectivity index (χ2n) is 6.64. The number of anilines is 1. The van der Waals surface area contributed by atoms with Crippen molar-refractivity contribution in [3.8, 4) is 5.75 Å². The van der Waals surface area contributed by atoms with Crippen molar-refractivity contribution in [2.45, 2.75) is 13.0 Å². The Bertz CT molecular complexity index is 1200. The van der Waals surface area contributed by atoms with Crippen molar-refractivity contribution < 1.29 is 10.0 Å². The number of nitrogens with zero attached hydrogens (tertiary/aromatic N) is 3. The van der Waals surface area contributed by atoms with Crippen LogP contribution in [0.4, 0.5) is 11.5 Å². The van der Waals surface area contributed by atoms with Crippen LogP contribution >= 0.6 is 0 Å². The number of phenols is 1. The number of aromatic hydroxyl groups is 1. The van der Waals surface area contributed by atoms with Gasteiger partial charge in [-0.25, -0.2) is 9.97 Å². The normalized spacial score (nSPS) is 11.9. The Morgan fingerprint density at radius 1 is 1.00 bits per heavy atom. The second kappa shape index (κ2) is 7.55. The molecule has 0 bridgehead atoms. The van der Waals surface area contributed by atoms with Crippen LogP contribution in [0.1, 0.15) is 22.9 Å². The van der Waals surface area contributed by atoms with E-state index in [-0.39, 0.29) is 11.4 Å². The van der Waals surface area contributed by atoms with E-state index in [1.807, 2.05) is 31.2 Å². The molecule has 7 nitrogen and oxygen atoms in total. The van der Waals surface area contributed by atoms with Crippen molar-refractivity contribution in [2.24, 2.45) is 0 Å². The number of nitrogens with one attached hydrogen (secondary N) is 1. The van der Waals surface area contributed by atoms with Gasteiger partial charge in [-0.05, 0) is 31.2 Å². The molecule has 1 atom stereocenters. The Morgan fingerprint density at radius 2 is 1.76 bits per heavy atom. The smallest absolute Gasteiger partial charge is 0.275 e. The molecular formula is C22H18N4O3. The van der Waals surface area contributed by atoms with E-state index in [4.69, 9.17) is 0 Å². The average Bonchev–Trinajstić information content (AvgIpc) is 2.74. The first-order chi connectivity index (χ1) is 14.0. The van der Waals surface area contributed by atoms with Crippen LogP contribution in [0.3, 0.4) is 0 Å². The number of phenolic OH excluding ortho intramolecular Hbond substituents is 1. The van der Waals surface area contributed by atoms with Crippen LogP contribution in [0.25, 0.3) is 10.9 Å². The van der Waals surface area contributed by atoms with E-state index in [1.165, 1.54) is 6.07 Å². The molecule has 7 heteroatoms. The van der Waals surface area contributed by atoms with E-state index >= 15 is 0 Å². The van der Waals surface area contributed by atoms with Crippen LogP contribution in [0.2, 0.25) is 0 Å². The van der Waals surface area contributed by atoms with Crippen molar-refractivity contribution in [3.05, 3.63) is 99.9 Å². The molecule has 4 rings (SSSR count). The minimum atomic E-state index is -0.696. The maximum Gasteiger partial charge on any atom is 0.275 e. The quantitative estimate of drug-likeness (QED) is 0.379. The van der Waals surface area contributed by atoms with Gasteiger partial charge in [0.2, 0.25) is 0 Å². The maximum atomic E-state index is 11.6. The predicted molar refractivity (Wildman–Crippen MR) is 111 cm³/mol. The fourth-order valence-corrected chi connectivity index (χ4v) is 3.34. The molecule has 0 saturated heterocycles. The lowest BCUT2D eigenvalue weighted by Gasteiger charge is -2.22. The molecule has 2 heterocycles. The highest BCUT2D eigenvalue weighted by Crippen LogP contribution is 2.39. The fraction of sp³-hybridized carbons (Fsp3) is 0.0909. The van der Waals surface area contributed by atoms with Gasteiger partial charge in [-0.1, -0.05) is 36.4 Å². The molecule has 0 fully saturated rings. The highest BCUT2D eigenvalue weighted by Gasteiger charge is 2.26. The van der Waals surface area contributed by atoms with E-state index in [0.717, 1.165) is 11.1 Å². The lowest BCUT2D eigenvalue weighted by atomic mass is 9.95. The van der Waals surface area contributed by atoms with Gasteiger partial charge in [0.15, 0.2) is 0 Å². The molecule has 0 amide bonds.